The molecule has 1 N–H and O–H groups in total. The zero-order chi connectivity index (χ0) is 21.5. The molecule has 0 fully saturated rings. The Kier molecular flexibility index (Phi) is 6.86. The Balaban J connectivity index is 1.61. The van der Waals surface area contributed by atoms with Crippen LogP contribution in [0.4, 0.5) is 5.69 Å². The summed E-state index contributed by atoms with van der Waals surface area (Å²) < 4.78 is 10.9. The Morgan fingerprint density at radius 3 is 2.13 bits per heavy atom. The van der Waals surface area contributed by atoms with Gasteiger partial charge in [0.1, 0.15) is 5.75 Å². The van der Waals surface area contributed by atoms with Crippen molar-refractivity contribution in [2.24, 2.45) is 0 Å². The highest BCUT2D eigenvalue weighted by Crippen LogP contribution is 2.27. The molecule has 0 heterocycles. The van der Waals surface area contributed by atoms with Gasteiger partial charge in [-0.3, -0.25) is 4.79 Å². The Morgan fingerprint density at radius 1 is 0.800 bits per heavy atom. The molecule has 30 heavy (non-hydrogen) atoms. The number of amides is 1. The van der Waals surface area contributed by atoms with Gasteiger partial charge in [0, 0.05) is 11.3 Å². The molecule has 5 nitrogen and oxygen atoms in total. The van der Waals surface area contributed by atoms with Crippen LogP contribution in [0.15, 0.2) is 78.9 Å². The molecule has 0 saturated heterocycles. The summed E-state index contributed by atoms with van der Waals surface area (Å²) >= 11 is 0. The maximum Gasteiger partial charge on any atom is 0.347 e. The predicted octanol–water partition coefficient (Wildman–Crippen LogP) is 5.00. The van der Waals surface area contributed by atoms with Gasteiger partial charge in [-0.05, 0) is 44.5 Å². The Morgan fingerprint density at radius 2 is 1.43 bits per heavy atom. The van der Waals surface area contributed by atoms with Crippen LogP contribution in [0.25, 0.3) is 11.1 Å². The standard InChI is InChI=1S/C25H25NO4/c1-17-13-15-21(16-14-17)29-19(3)25(28)30-18(2)24(27)26-23-12-8-7-11-22(23)20-9-5-4-6-10-20/h4-16,18-19H,1-3H3,(H,26,27). The first kappa shape index (κ1) is 21.1. The van der Waals surface area contributed by atoms with Crippen molar-refractivity contribution in [3.05, 3.63) is 84.4 Å². The van der Waals surface area contributed by atoms with Crippen LogP contribution in [-0.2, 0) is 14.3 Å². The number of anilines is 1. The van der Waals surface area contributed by atoms with Gasteiger partial charge in [-0.25, -0.2) is 4.79 Å². The summed E-state index contributed by atoms with van der Waals surface area (Å²) in [6, 6.07) is 24.6. The molecule has 2 atom stereocenters. The molecule has 3 rings (SSSR count). The van der Waals surface area contributed by atoms with Gasteiger partial charge in [-0.2, -0.15) is 0 Å². The van der Waals surface area contributed by atoms with Gasteiger partial charge < -0.3 is 14.8 Å². The van der Waals surface area contributed by atoms with Crippen LogP contribution < -0.4 is 10.1 Å². The van der Waals surface area contributed by atoms with Gasteiger partial charge in [0.25, 0.3) is 5.91 Å². The van der Waals surface area contributed by atoms with E-state index < -0.39 is 24.1 Å². The maximum atomic E-state index is 12.6. The Bertz CT molecular complexity index is 999. The molecule has 0 aliphatic heterocycles. The summed E-state index contributed by atoms with van der Waals surface area (Å²) in [6.07, 6.45) is -1.80. The molecular formula is C25H25NO4. The molecular weight excluding hydrogens is 378 g/mol. The second kappa shape index (κ2) is 9.74. The third-order valence-corrected chi connectivity index (χ3v) is 4.60. The van der Waals surface area contributed by atoms with E-state index in [1.807, 2.05) is 73.7 Å². The number of ether oxygens (including phenoxy) is 2. The number of hydrogen-bond donors (Lipinski definition) is 1. The van der Waals surface area contributed by atoms with E-state index in [1.165, 1.54) is 6.92 Å². The topological polar surface area (TPSA) is 64.6 Å². The minimum absolute atomic E-state index is 0.408. The molecule has 0 aliphatic rings. The number of nitrogens with one attached hydrogen (secondary N) is 1. The van der Waals surface area contributed by atoms with E-state index in [2.05, 4.69) is 5.32 Å². The lowest BCUT2D eigenvalue weighted by molar-refractivity contribution is -0.159. The SMILES string of the molecule is Cc1ccc(OC(C)C(=O)OC(C)C(=O)Nc2ccccc2-c2ccccc2)cc1. The van der Waals surface area contributed by atoms with E-state index in [-0.39, 0.29) is 0 Å². The molecule has 1 amide bonds. The van der Waals surface area contributed by atoms with Gasteiger partial charge in [0.05, 0.1) is 0 Å². The first-order valence-electron chi connectivity index (χ1n) is 9.83. The van der Waals surface area contributed by atoms with Crippen LogP contribution >= 0.6 is 0 Å². The Hall–Kier alpha value is -3.60. The minimum Gasteiger partial charge on any atom is -0.479 e. The highest BCUT2D eigenvalue weighted by atomic mass is 16.6. The molecule has 0 saturated carbocycles. The van der Waals surface area contributed by atoms with Crippen molar-refractivity contribution >= 4 is 17.6 Å². The number of aryl methyl sites for hydroxylation is 1. The van der Waals surface area contributed by atoms with Gasteiger partial charge in [-0.1, -0.05) is 66.2 Å². The molecule has 5 heteroatoms. The average molecular weight is 403 g/mol. The van der Waals surface area contributed by atoms with Crippen molar-refractivity contribution in [1.29, 1.82) is 0 Å². The molecule has 154 valence electrons. The summed E-state index contributed by atoms with van der Waals surface area (Å²) in [5.74, 6) is -0.442. The monoisotopic (exact) mass is 403 g/mol. The van der Waals surface area contributed by atoms with Crippen LogP contribution in [0.5, 0.6) is 5.75 Å². The molecule has 0 aliphatic carbocycles. The summed E-state index contributed by atoms with van der Waals surface area (Å²) in [7, 11) is 0. The van der Waals surface area contributed by atoms with E-state index in [0.29, 0.717) is 11.4 Å². The third-order valence-electron chi connectivity index (χ3n) is 4.60. The predicted molar refractivity (Wildman–Crippen MR) is 117 cm³/mol. The van der Waals surface area contributed by atoms with Crippen molar-refractivity contribution in [1.82, 2.24) is 0 Å². The zero-order valence-electron chi connectivity index (χ0n) is 17.3. The molecule has 0 aromatic heterocycles. The summed E-state index contributed by atoms with van der Waals surface area (Å²) in [4.78, 5) is 25.0. The minimum atomic E-state index is -0.967. The third kappa shape index (κ3) is 5.47. The number of hydrogen-bond acceptors (Lipinski definition) is 4. The first-order chi connectivity index (χ1) is 14.4. The molecule has 3 aromatic rings. The lowest BCUT2D eigenvalue weighted by Gasteiger charge is -2.18. The van der Waals surface area contributed by atoms with E-state index >= 15 is 0 Å². The molecule has 0 bridgehead atoms. The van der Waals surface area contributed by atoms with Crippen molar-refractivity contribution in [2.45, 2.75) is 33.0 Å². The van der Waals surface area contributed by atoms with Crippen LogP contribution in [-0.4, -0.2) is 24.1 Å². The van der Waals surface area contributed by atoms with Crippen molar-refractivity contribution in [3.63, 3.8) is 0 Å². The lowest BCUT2D eigenvalue weighted by atomic mass is 10.0. The molecule has 0 spiro atoms. The van der Waals surface area contributed by atoms with E-state index in [9.17, 15) is 9.59 Å². The summed E-state index contributed by atoms with van der Waals surface area (Å²) in [5.41, 5.74) is 3.62. The van der Waals surface area contributed by atoms with E-state index in [0.717, 1.165) is 16.7 Å². The van der Waals surface area contributed by atoms with Crippen molar-refractivity contribution < 1.29 is 19.1 Å². The second-order valence-corrected chi connectivity index (χ2v) is 7.05. The Labute approximate surface area is 176 Å². The summed E-state index contributed by atoms with van der Waals surface area (Å²) in [6.45, 7) is 5.10. The fourth-order valence-corrected chi connectivity index (χ4v) is 2.89. The average Bonchev–Trinajstić information content (AvgIpc) is 2.76. The number of para-hydroxylation sites is 1. The number of rotatable bonds is 7. The smallest absolute Gasteiger partial charge is 0.347 e. The van der Waals surface area contributed by atoms with Crippen LogP contribution in [0.3, 0.4) is 0 Å². The van der Waals surface area contributed by atoms with Crippen molar-refractivity contribution in [3.8, 4) is 16.9 Å². The van der Waals surface area contributed by atoms with Crippen LogP contribution in [0.2, 0.25) is 0 Å². The first-order valence-corrected chi connectivity index (χ1v) is 9.83. The van der Waals surface area contributed by atoms with E-state index in [4.69, 9.17) is 9.47 Å². The molecule has 0 radical (unpaired) electrons. The second-order valence-electron chi connectivity index (χ2n) is 7.05. The zero-order valence-corrected chi connectivity index (χ0v) is 17.3. The highest BCUT2D eigenvalue weighted by molar-refractivity contribution is 5.98. The van der Waals surface area contributed by atoms with Crippen LogP contribution in [0.1, 0.15) is 19.4 Å². The number of carbonyl (C=O) groups is 2. The molecule has 2 unspecified atom stereocenters. The number of esters is 1. The highest BCUT2D eigenvalue weighted by Gasteiger charge is 2.24. The van der Waals surface area contributed by atoms with E-state index in [1.54, 1.807) is 19.1 Å². The number of benzene rings is 3. The maximum absolute atomic E-state index is 12.6. The van der Waals surface area contributed by atoms with Gasteiger partial charge in [0.2, 0.25) is 0 Å². The van der Waals surface area contributed by atoms with Gasteiger partial charge in [-0.15, -0.1) is 0 Å². The lowest BCUT2D eigenvalue weighted by Crippen LogP contribution is -2.35. The summed E-state index contributed by atoms with van der Waals surface area (Å²) in [5, 5.41) is 2.85. The van der Waals surface area contributed by atoms with Crippen molar-refractivity contribution in [2.75, 3.05) is 5.32 Å². The quantitative estimate of drug-likeness (QED) is 0.564. The fraction of sp³-hybridized carbons (Fsp3) is 0.200. The molecule has 3 aromatic carbocycles. The normalized spacial score (nSPS) is 12.5. The fourth-order valence-electron chi connectivity index (χ4n) is 2.89. The van der Waals surface area contributed by atoms with Gasteiger partial charge >= 0.3 is 5.97 Å². The van der Waals surface area contributed by atoms with Crippen LogP contribution in [0, 0.1) is 6.92 Å². The largest absolute Gasteiger partial charge is 0.479 e. The number of carbonyl (C=O) groups excluding carboxylic acids is 2. The van der Waals surface area contributed by atoms with Gasteiger partial charge in [0.15, 0.2) is 12.2 Å².